The van der Waals surface area contributed by atoms with Crippen LogP contribution < -0.4 is 5.32 Å². The molecule has 1 aliphatic heterocycles. The van der Waals surface area contributed by atoms with E-state index in [9.17, 15) is 4.79 Å². The van der Waals surface area contributed by atoms with Crippen molar-refractivity contribution < 1.29 is 9.53 Å². The van der Waals surface area contributed by atoms with E-state index in [1.165, 1.54) is 21.8 Å². The van der Waals surface area contributed by atoms with Gasteiger partial charge in [0, 0.05) is 30.3 Å². The number of ether oxygens (including phenoxy) is 1. The number of aryl methyl sites for hydroxylation is 2. The Bertz CT molecular complexity index is 843. The molecule has 5 nitrogen and oxygen atoms in total. The van der Waals surface area contributed by atoms with Crippen LogP contribution in [0.5, 0.6) is 0 Å². The number of thiophene rings is 2. The van der Waals surface area contributed by atoms with Gasteiger partial charge in [0.1, 0.15) is 10.9 Å². The van der Waals surface area contributed by atoms with Crippen LogP contribution in [0.25, 0.3) is 10.2 Å². The zero-order chi connectivity index (χ0) is 16.0. The molecule has 0 saturated heterocycles. The lowest BCUT2D eigenvalue weighted by atomic mass is 10.1. The van der Waals surface area contributed by atoms with E-state index >= 15 is 0 Å². The molecule has 0 bridgehead atoms. The van der Waals surface area contributed by atoms with Gasteiger partial charge in [-0.3, -0.25) is 9.48 Å². The van der Waals surface area contributed by atoms with Crippen LogP contribution in [0.15, 0.2) is 17.5 Å². The number of amides is 1. The van der Waals surface area contributed by atoms with Gasteiger partial charge in [0.15, 0.2) is 0 Å². The fraction of sp³-hybridized carbons (Fsp3) is 0.375. The summed E-state index contributed by atoms with van der Waals surface area (Å²) in [5, 5.41) is 10.5. The van der Waals surface area contributed by atoms with Crippen molar-refractivity contribution in [2.24, 2.45) is 7.05 Å². The molecule has 0 spiro atoms. The van der Waals surface area contributed by atoms with Gasteiger partial charge in [-0.15, -0.1) is 22.7 Å². The van der Waals surface area contributed by atoms with Crippen LogP contribution in [-0.4, -0.2) is 28.8 Å². The first-order valence-electron chi connectivity index (χ1n) is 7.52. The van der Waals surface area contributed by atoms with Gasteiger partial charge in [-0.05, 0) is 30.0 Å². The average Bonchev–Trinajstić information content (AvgIpc) is 3.23. The third-order valence-corrected chi connectivity index (χ3v) is 6.34. The van der Waals surface area contributed by atoms with Crippen molar-refractivity contribution in [1.82, 2.24) is 15.1 Å². The molecule has 23 heavy (non-hydrogen) atoms. The van der Waals surface area contributed by atoms with E-state index in [2.05, 4.69) is 21.9 Å². The lowest BCUT2D eigenvalue weighted by molar-refractivity contribution is 0.0424. The van der Waals surface area contributed by atoms with Crippen LogP contribution >= 0.6 is 22.7 Å². The Balaban J connectivity index is 1.49. The Morgan fingerprint density at radius 2 is 2.43 bits per heavy atom. The monoisotopic (exact) mass is 347 g/mol. The van der Waals surface area contributed by atoms with Crippen molar-refractivity contribution in [3.63, 3.8) is 0 Å². The summed E-state index contributed by atoms with van der Waals surface area (Å²) in [6.07, 6.45) is 0.937. The number of nitrogens with one attached hydrogen (secondary N) is 1. The van der Waals surface area contributed by atoms with E-state index < -0.39 is 0 Å². The summed E-state index contributed by atoms with van der Waals surface area (Å²) < 4.78 is 7.64. The van der Waals surface area contributed by atoms with E-state index in [1.807, 2.05) is 24.7 Å². The second-order valence-electron chi connectivity index (χ2n) is 5.66. The first-order valence-corrected chi connectivity index (χ1v) is 9.22. The summed E-state index contributed by atoms with van der Waals surface area (Å²) in [6, 6.07) is 4.03. The zero-order valence-corrected chi connectivity index (χ0v) is 14.6. The minimum atomic E-state index is -0.0449. The smallest absolute Gasteiger partial charge is 0.261 e. The Morgan fingerprint density at radius 1 is 1.57 bits per heavy atom. The number of hydrogen-bond donors (Lipinski definition) is 1. The maximum Gasteiger partial charge on any atom is 0.261 e. The van der Waals surface area contributed by atoms with E-state index in [-0.39, 0.29) is 12.0 Å². The number of hydrogen-bond acceptors (Lipinski definition) is 5. The SMILES string of the molecule is Cc1nn(C)c2sc(C(=O)NC[C@@H]3OCCc4sccc43)cc12. The van der Waals surface area contributed by atoms with Gasteiger partial charge in [-0.1, -0.05) is 0 Å². The zero-order valence-electron chi connectivity index (χ0n) is 13.0. The molecule has 0 radical (unpaired) electrons. The van der Waals surface area contributed by atoms with Crippen LogP contribution in [-0.2, 0) is 18.2 Å². The Labute approximate surface area is 141 Å². The van der Waals surface area contributed by atoms with Crippen molar-refractivity contribution in [2.45, 2.75) is 19.4 Å². The van der Waals surface area contributed by atoms with Crippen molar-refractivity contribution in [2.75, 3.05) is 13.2 Å². The third kappa shape index (κ3) is 2.58. The van der Waals surface area contributed by atoms with Crippen LogP contribution in [0.2, 0.25) is 0 Å². The molecule has 1 atom stereocenters. The van der Waals surface area contributed by atoms with Gasteiger partial charge in [0.05, 0.1) is 17.2 Å². The molecule has 0 fully saturated rings. The van der Waals surface area contributed by atoms with Crippen LogP contribution in [0, 0.1) is 6.92 Å². The molecule has 1 N–H and O–H groups in total. The summed E-state index contributed by atoms with van der Waals surface area (Å²) in [6.45, 7) is 3.19. The van der Waals surface area contributed by atoms with E-state index in [0.29, 0.717) is 6.54 Å². The molecular formula is C16H17N3O2S2. The van der Waals surface area contributed by atoms with Gasteiger partial charge in [-0.2, -0.15) is 5.10 Å². The molecule has 0 aromatic carbocycles. The molecule has 1 aliphatic rings. The highest BCUT2D eigenvalue weighted by molar-refractivity contribution is 7.20. The van der Waals surface area contributed by atoms with E-state index in [0.717, 1.165) is 33.8 Å². The summed E-state index contributed by atoms with van der Waals surface area (Å²) in [5.74, 6) is -0.0449. The number of aromatic nitrogens is 2. The molecule has 4 rings (SSSR count). The Kier molecular flexibility index (Phi) is 3.71. The van der Waals surface area contributed by atoms with Gasteiger partial charge < -0.3 is 10.1 Å². The summed E-state index contributed by atoms with van der Waals surface area (Å²) in [7, 11) is 1.90. The number of nitrogens with zero attached hydrogens (tertiary/aromatic N) is 2. The number of carbonyl (C=O) groups is 1. The maximum atomic E-state index is 12.4. The summed E-state index contributed by atoms with van der Waals surface area (Å²) in [5.41, 5.74) is 2.18. The van der Waals surface area contributed by atoms with Gasteiger partial charge in [-0.25, -0.2) is 0 Å². The predicted octanol–water partition coefficient (Wildman–Crippen LogP) is 3.05. The largest absolute Gasteiger partial charge is 0.371 e. The first kappa shape index (κ1) is 14.9. The molecular weight excluding hydrogens is 330 g/mol. The van der Waals surface area contributed by atoms with Crippen molar-refractivity contribution in [3.05, 3.63) is 38.5 Å². The lowest BCUT2D eigenvalue weighted by Gasteiger charge is -2.23. The normalized spacial score (nSPS) is 17.4. The maximum absolute atomic E-state index is 12.4. The van der Waals surface area contributed by atoms with E-state index in [1.54, 1.807) is 11.3 Å². The topological polar surface area (TPSA) is 56.2 Å². The number of fused-ring (bicyclic) bond motifs is 2. The van der Waals surface area contributed by atoms with Crippen LogP contribution in [0.4, 0.5) is 0 Å². The molecule has 120 valence electrons. The summed E-state index contributed by atoms with van der Waals surface area (Å²) >= 11 is 3.24. The average molecular weight is 347 g/mol. The van der Waals surface area contributed by atoms with Crippen LogP contribution in [0.1, 0.15) is 31.9 Å². The quantitative estimate of drug-likeness (QED) is 0.792. The lowest BCUT2D eigenvalue weighted by Crippen LogP contribution is -2.30. The molecule has 7 heteroatoms. The fourth-order valence-electron chi connectivity index (χ4n) is 2.98. The first-order chi connectivity index (χ1) is 11.1. The molecule has 3 aromatic heterocycles. The molecule has 4 heterocycles. The highest BCUT2D eigenvalue weighted by atomic mass is 32.1. The standard InChI is InChI=1S/C16H17N3O2S2/c1-9-11-7-14(23-16(11)19(2)18-9)15(20)17-8-12-10-4-6-22-13(10)3-5-21-12/h4,6-7,12H,3,5,8H2,1-2H3,(H,17,20)/t12-/m0/s1. The number of carbonyl (C=O) groups excluding carboxylic acids is 1. The Hall–Kier alpha value is -1.70. The minimum Gasteiger partial charge on any atom is -0.371 e. The van der Waals surface area contributed by atoms with Crippen molar-refractivity contribution in [3.8, 4) is 0 Å². The fourth-order valence-corrected chi connectivity index (χ4v) is 4.94. The molecule has 0 unspecified atom stereocenters. The van der Waals surface area contributed by atoms with Gasteiger partial charge in [0.25, 0.3) is 5.91 Å². The summed E-state index contributed by atoms with van der Waals surface area (Å²) in [4.78, 5) is 15.6. The molecule has 3 aromatic rings. The van der Waals surface area contributed by atoms with Crippen molar-refractivity contribution >= 4 is 38.8 Å². The second kappa shape index (κ2) is 5.74. The Morgan fingerprint density at radius 3 is 3.26 bits per heavy atom. The van der Waals surface area contributed by atoms with Gasteiger partial charge >= 0.3 is 0 Å². The predicted molar refractivity (Wildman–Crippen MR) is 92.4 cm³/mol. The minimum absolute atomic E-state index is 0.0354. The highest BCUT2D eigenvalue weighted by Crippen LogP contribution is 2.31. The number of rotatable bonds is 3. The van der Waals surface area contributed by atoms with Crippen molar-refractivity contribution in [1.29, 1.82) is 0 Å². The molecule has 0 aliphatic carbocycles. The van der Waals surface area contributed by atoms with Crippen LogP contribution in [0.3, 0.4) is 0 Å². The third-order valence-electron chi connectivity index (χ3n) is 4.14. The molecule has 1 amide bonds. The second-order valence-corrected chi connectivity index (χ2v) is 7.69. The molecule has 0 saturated carbocycles. The van der Waals surface area contributed by atoms with E-state index in [4.69, 9.17) is 4.74 Å². The van der Waals surface area contributed by atoms with Gasteiger partial charge in [0.2, 0.25) is 0 Å². The highest BCUT2D eigenvalue weighted by Gasteiger charge is 2.23.